The highest BCUT2D eigenvalue weighted by Crippen LogP contribution is 2.23. The molecule has 8 nitrogen and oxygen atoms in total. The van der Waals surface area contributed by atoms with Crippen LogP contribution in [0.2, 0.25) is 0 Å². The van der Waals surface area contributed by atoms with Crippen LogP contribution in [0.4, 0.5) is 5.82 Å². The zero-order valence-corrected chi connectivity index (χ0v) is 12.6. The highest BCUT2D eigenvalue weighted by Gasteiger charge is 2.28. The van der Waals surface area contributed by atoms with Crippen molar-refractivity contribution in [3.8, 4) is 0 Å². The van der Waals surface area contributed by atoms with Gasteiger partial charge in [-0.2, -0.15) is 0 Å². The van der Waals surface area contributed by atoms with E-state index in [1.807, 2.05) is 4.57 Å². The molecule has 2 aromatic rings. The summed E-state index contributed by atoms with van der Waals surface area (Å²) in [6.07, 6.45) is 6.19. The SMILES string of the molecule is CS(=O)(=O)N1CCC(CCn2cnc3c(N)ncnc32)C1. The lowest BCUT2D eigenvalue weighted by atomic mass is 10.1. The molecule has 1 atom stereocenters. The third-order valence-corrected chi connectivity index (χ3v) is 5.20. The predicted octanol–water partition coefficient (Wildman–Crippen LogP) is 0.0801. The molecule has 2 N–H and O–H groups in total. The van der Waals surface area contributed by atoms with E-state index in [0.29, 0.717) is 30.3 Å². The van der Waals surface area contributed by atoms with Crippen molar-refractivity contribution in [1.82, 2.24) is 23.8 Å². The van der Waals surface area contributed by atoms with Crippen LogP contribution in [0.25, 0.3) is 11.2 Å². The molecule has 0 spiro atoms. The van der Waals surface area contributed by atoms with E-state index >= 15 is 0 Å². The molecule has 2 aromatic heterocycles. The number of imidazole rings is 1. The van der Waals surface area contributed by atoms with Crippen LogP contribution in [0, 0.1) is 5.92 Å². The zero-order chi connectivity index (χ0) is 15.0. The monoisotopic (exact) mass is 310 g/mol. The van der Waals surface area contributed by atoms with E-state index in [9.17, 15) is 8.42 Å². The Morgan fingerprint density at radius 3 is 2.90 bits per heavy atom. The average Bonchev–Trinajstić information content (AvgIpc) is 3.03. The molecule has 1 aliphatic heterocycles. The molecule has 0 amide bonds. The number of hydrogen-bond acceptors (Lipinski definition) is 6. The summed E-state index contributed by atoms with van der Waals surface area (Å²) in [6, 6.07) is 0. The van der Waals surface area contributed by atoms with Gasteiger partial charge in [0.2, 0.25) is 10.0 Å². The fourth-order valence-electron chi connectivity index (χ4n) is 2.72. The summed E-state index contributed by atoms with van der Waals surface area (Å²) in [7, 11) is -3.07. The van der Waals surface area contributed by atoms with Crippen molar-refractivity contribution in [1.29, 1.82) is 0 Å². The third kappa shape index (κ3) is 2.84. The molecule has 1 saturated heterocycles. The zero-order valence-electron chi connectivity index (χ0n) is 11.8. The highest BCUT2D eigenvalue weighted by atomic mass is 32.2. The minimum Gasteiger partial charge on any atom is -0.382 e. The predicted molar refractivity (Wildman–Crippen MR) is 78.9 cm³/mol. The summed E-state index contributed by atoms with van der Waals surface area (Å²) in [5.74, 6) is 0.749. The van der Waals surface area contributed by atoms with Gasteiger partial charge in [-0.3, -0.25) is 0 Å². The van der Waals surface area contributed by atoms with E-state index in [0.717, 1.165) is 25.0 Å². The smallest absolute Gasteiger partial charge is 0.211 e. The van der Waals surface area contributed by atoms with Crippen molar-refractivity contribution in [2.24, 2.45) is 5.92 Å². The Kier molecular flexibility index (Phi) is 3.54. The van der Waals surface area contributed by atoms with Crippen molar-refractivity contribution in [2.45, 2.75) is 19.4 Å². The topological polar surface area (TPSA) is 107 Å². The van der Waals surface area contributed by atoms with Crippen molar-refractivity contribution in [2.75, 3.05) is 25.1 Å². The van der Waals surface area contributed by atoms with E-state index < -0.39 is 10.0 Å². The lowest BCUT2D eigenvalue weighted by Gasteiger charge is -2.13. The number of aromatic nitrogens is 4. The Morgan fingerprint density at radius 2 is 2.19 bits per heavy atom. The van der Waals surface area contributed by atoms with Crippen molar-refractivity contribution in [3.05, 3.63) is 12.7 Å². The molecular formula is C12H18N6O2S. The van der Waals surface area contributed by atoms with Gasteiger partial charge in [-0.1, -0.05) is 0 Å². The van der Waals surface area contributed by atoms with E-state index in [1.165, 1.54) is 12.6 Å². The summed E-state index contributed by atoms with van der Waals surface area (Å²) in [6.45, 7) is 1.96. The number of anilines is 1. The maximum absolute atomic E-state index is 11.5. The van der Waals surface area contributed by atoms with Crippen LogP contribution in [0.15, 0.2) is 12.7 Å². The first-order valence-electron chi connectivity index (χ1n) is 6.81. The van der Waals surface area contributed by atoms with Crippen LogP contribution in [-0.2, 0) is 16.6 Å². The van der Waals surface area contributed by atoms with Gasteiger partial charge in [0.05, 0.1) is 12.6 Å². The van der Waals surface area contributed by atoms with Crippen molar-refractivity contribution < 1.29 is 8.42 Å². The Morgan fingerprint density at radius 1 is 1.38 bits per heavy atom. The molecule has 21 heavy (non-hydrogen) atoms. The molecule has 0 aromatic carbocycles. The van der Waals surface area contributed by atoms with Gasteiger partial charge < -0.3 is 10.3 Å². The summed E-state index contributed by atoms with van der Waals surface area (Å²) in [5.41, 5.74) is 7.09. The van der Waals surface area contributed by atoms with Gasteiger partial charge in [0.15, 0.2) is 11.5 Å². The van der Waals surface area contributed by atoms with E-state index in [-0.39, 0.29) is 0 Å². The largest absolute Gasteiger partial charge is 0.382 e. The molecular weight excluding hydrogens is 292 g/mol. The molecule has 3 rings (SSSR count). The maximum Gasteiger partial charge on any atom is 0.211 e. The standard InChI is InChI=1S/C12H18N6O2S/c1-21(19,20)18-5-3-9(6-18)2-4-17-8-16-10-11(13)14-7-15-12(10)17/h7-9H,2-6H2,1H3,(H2,13,14,15). The lowest BCUT2D eigenvalue weighted by Crippen LogP contribution is -2.27. The number of nitrogens with two attached hydrogens (primary N) is 1. The first kappa shape index (κ1) is 14.2. The van der Waals surface area contributed by atoms with Crippen LogP contribution in [0.5, 0.6) is 0 Å². The van der Waals surface area contributed by atoms with Gasteiger partial charge in [-0.15, -0.1) is 0 Å². The minimum absolute atomic E-state index is 0.372. The van der Waals surface area contributed by atoms with Crippen molar-refractivity contribution in [3.63, 3.8) is 0 Å². The van der Waals surface area contributed by atoms with Crippen molar-refractivity contribution >= 4 is 27.0 Å². The number of nitrogens with zero attached hydrogens (tertiary/aromatic N) is 5. The molecule has 0 aliphatic carbocycles. The molecule has 1 unspecified atom stereocenters. The molecule has 114 valence electrons. The molecule has 1 fully saturated rings. The van der Waals surface area contributed by atoms with Crippen LogP contribution in [0.1, 0.15) is 12.8 Å². The fraction of sp³-hybridized carbons (Fsp3) is 0.583. The summed E-state index contributed by atoms with van der Waals surface area (Å²) >= 11 is 0. The molecule has 0 radical (unpaired) electrons. The maximum atomic E-state index is 11.5. The minimum atomic E-state index is -3.07. The Bertz CT molecular complexity index is 756. The quantitative estimate of drug-likeness (QED) is 0.857. The second-order valence-electron chi connectivity index (χ2n) is 5.43. The first-order chi connectivity index (χ1) is 9.95. The summed E-state index contributed by atoms with van der Waals surface area (Å²) in [4.78, 5) is 12.3. The van der Waals surface area contributed by atoms with Gasteiger partial charge in [-0.25, -0.2) is 27.7 Å². The van der Waals surface area contributed by atoms with Gasteiger partial charge >= 0.3 is 0 Å². The number of sulfonamides is 1. The number of nitrogen functional groups attached to an aromatic ring is 1. The Hall–Kier alpha value is -1.74. The summed E-state index contributed by atoms with van der Waals surface area (Å²) in [5, 5.41) is 0. The molecule has 0 bridgehead atoms. The van der Waals surface area contributed by atoms with E-state index in [2.05, 4.69) is 15.0 Å². The van der Waals surface area contributed by atoms with Crippen LogP contribution in [0.3, 0.4) is 0 Å². The highest BCUT2D eigenvalue weighted by molar-refractivity contribution is 7.88. The molecule has 0 saturated carbocycles. The van der Waals surface area contributed by atoms with E-state index in [4.69, 9.17) is 5.73 Å². The van der Waals surface area contributed by atoms with Crippen LogP contribution >= 0.6 is 0 Å². The van der Waals surface area contributed by atoms with Gasteiger partial charge in [0, 0.05) is 19.6 Å². The van der Waals surface area contributed by atoms with E-state index in [1.54, 1.807) is 10.6 Å². The van der Waals surface area contributed by atoms with Gasteiger partial charge in [0.1, 0.15) is 11.8 Å². The number of aryl methyl sites for hydroxylation is 1. The number of fused-ring (bicyclic) bond motifs is 1. The fourth-order valence-corrected chi connectivity index (χ4v) is 3.64. The second kappa shape index (κ2) is 5.23. The second-order valence-corrected chi connectivity index (χ2v) is 7.42. The normalized spacial score (nSPS) is 20.3. The van der Waals surface area contributed by atoms with Crippen LogP contribution < -0.4 is 5.73 Å². The van der Waals surface area contributed by atoms with Gasteiger partial charge in [-0.05, 0) is 18.8 Å². The summed E-state index contributed by atoms with van der Waals surface area (Å²) < 4.78 is 26.5. The Labute approximate surface area is 123 Å². The molecule has 9 heteroatoms. The lowest BCUT2D eigenvalue weighted by molar-refractivity contribution is 0.435. The Balaban J connectivity index is 1.67. The number of rotatable bonds is 4. The third-order valence-electron chi connectivity index (χ3n) is 3.93. The average molecular weight is 310 g/mol. The molecule has 3 heterocycles. The van der Waals surface area contributed by atoms with Crippen LogP contribution in [-0.4, -0.2) is 51.6 Å². The molecule has 1 aliphatic rings. The first-order valence-corrected chi connectivity index (χ1v) is 8.66. The van der Waals surface area contributed by atoms with Gasteiger partial charge in [0.25, 0.3) is 0 Å². The number of hydrogen-bond donors (Lipinski definition) is 1.